The van der Waals surface area contributed by atoms with Crippen molar-refractivity contribution in [1.29, 1.82) is 0 Å². The van der Waals surface area contributed by atoms with E-state index in [2.05, 4.69) is 33.4 Å². The van der Waals surface area contributed by atoms with Crippen LogP contribution in [0.15, 0.2) is 88.3 Å². The van der Waals surface area contributed by atoms with Crippen LogP contribution in [0.2, 0.25) is 0 Å². The molecule has 0 aliphatic carbocycles. The molecule has 0 saturated heterocycles. The van der Waals surface area contributed by atoms with Gasteiger partial charge in [0.25, 0.3) is 5.91 Å². The summed E-state index contributed by atoms with van der Waals surface area (Å²) in [5, 5.41) is 12.1. The Hall–Kier alpha value is -3.16. The molecule has 3 aromatic carbocycles. The van der Waals surface area contributed by atoms with Crippen LogP contribution in [-0.2, 0) is 22.4 Å². The number of rotatable bonds is 12. The van der Waals surface area contributed by atoms with E-state index in [1.54, 1.807) is 0 Å². The number of nitrogens with zero attached hydrogens (tertiary/aromatic N) is 1. The van der Waals surface area contributed by atoms with Crippen molar-refractivity contribution in [2.24, 2.45) is 4.99 Å². The second-order valence-electron chi connectivity index (χ2n) is 9.20. The van der Waals surface area contributed by atoms with Crippen LogP contribution < -0.4 is 10.1 Å². The van der Waals surface area contributed by atoms with Gasteiger partial charge in [0.05, 0.1) is 6.61 Å². The topological polar surface area (TPSA) is 80.2 Å². The van der Waals surface area contributed by atoms with E-state index in [-0.39, 0.29) is 12.5 Å². The van der Waals surface area contributed by atoms with Gasteiger partial charge in [0.15, 0.2) is 5.54 Å². The van der Waals surface area contributed by atoms with Gasteiger partial charge < -0.3 is 19.9 Å². The standard InChI is InChI=1S/C30H33BrN2O4/c1-22-30(21-24-10-14-26(31)15-11-24,29(35)32-18-5-9-23-7-3-2-4-8-23)33-28(37-22)25-12-16-27(17-13-25)36-20-6-19-34/h2-4,7-8,10-17,22,34H,5-6,9,18-21H2,1H3,(H,32,35)/t22-,30-/m1/s1. The smallest absolute Gasteiger partial charge is 0.252 e. The first-order valence-electron chi connectivity index (χ1n) is 12.7. The van der Waals surface area contributed by atoms with Crippen molar-refractivity contribution in [3.05, 3.63) is 100 Å². The van der Waals surface area contributed by atoms with Gasteiger partial charge in [-0.05, 0) is 67.3 Å². The Morgan fingerprint density at radius 3 is 2.46 bits per heavy atom. The second kappa shape index (κ2) is 12.9. The maximum absolute atomic E-state index is 13.7. The van der Waals surface area contributed by atoms with E-state index in [4.69, 9.17) is 19.6 Å². The monoisotopic (exact) mass is 564 g/mol. The van der Waals surface area contributed by atoms with Crippen molar-refractivity contribution in [3.8, 4) is 5.75 Å². The Morgan fingerprint density at radius 2 is 1.76 bits per heavy atom. The first-order chi connectivity index (χ1) is 18.0. The molecule has 2 N–H and O–H groups in total. The van der Waals surface area contributed by atoms with Crippen molar-refractivity contribution in [3.63, 3.8) is 0 Å². The number of hydrogen-bond acceptors (Lipinski definition) is 5. The molecular formula is C30H33BrN2O4. The Kier molecular flexibility index (Phi) is 9.36. The highest BCUT2D eigenvalue weighted by Gasteiger charge is 2.50. The van der Waals surface area contributed by atoms with Crippen LogP contribution in [0.4, 0.5) is 0 Å². The van der Waals surface area contributed by atoms with Crippen LogP contribution in [0.3, 0.4) is 0 Å². The zero-order chi connectivity index (χ0) is 26.1. The number of nitrogens with one attached hydrogen (secondary N) is 1. The van der Waals surface area contributed by atoms with Crippen molar-refractivity contribution >= 4 is 27.7 Å². The second-order valence-corrected chi connectivity index (χ2v) is 10.1. The lowest BCUT2D eigenvalue weighted by Crippen LogP contribution is -2.52. The quantitative estimate of drug-likeness (QED) is 0.300. The molecule has 0 fully saturated rings. The molecule has 3 aromatic rings. The average Bonchev–Trinajstić information content (AvgIpc) is 3.25. The molecule has 0 bridgehead atoms. The fourth-order valence-corrected chi connectivity index (χ4v) is 4.61. The molecule has 0 saturated carbocycles. The van der Waals surface area contributed by atoms with Gasteiger partial charge in [0.1, 0.15) is 11.9 Å². The summed E-state index contributed by atoms with van der Waals surface area (Å²) >= 11 is 3.49. The molecule has 0 spiro atoms. The SMILES string of the molecule is C[C@H]1OC(c2ccc(OCCCO)cc2)=N[C@@]1(Cc1ccc(Br)cc1)C(=O)NCCCc1ccccc1. The van der Waals surface area contributed by atoms with Gasteiger partial charge in [0.2, 0.25) is 5.90 Å². The molecule has 37 heavy (non-hydrogen) atoms. The fourth-order valence-electron chi connectivity index (χ4n) is 4.35. The van der Waals surface area contributed by atoms with Crippen LogP contribution in [0, 0.1) is 0 Å². The van der Waals surface area contributed by atoms with E-state index < -0.39 is 11.6 Å². The number of amides is 1. The van der Waals surface area contributed by atoms with Crippen LogP contribution in [0.1, 0.15) is 36.5 Å². The van der Waals surface area contributed by atoms with Gasteiger partial charge in [-0.3, -0.25) is 4.79 Å². The molecule has 0 radical (unpaired) electrons. The van der Waals surface area contributed by atoms with Crippen molar-refractivity contribution in [2.75, 3.05) is 19.8 Å². The molecule has 0 unspecified atom stereocenters. The van der Waals surface area contributed by atoms with E-state index in [9.17, 15) is 4.79 Å². The Balaban J connectivity index is 1.51. The highest BCUT2D eigenvalue weighted by molar-refractivity contribution is 9.10. The number of halogens is 1. The molecule has 1 amide bonds. The Morgan fingerprint density at radius 1 is 1.03 bits per heavy atom. The third-order valence-corrected chi connectivity index (χ3v) is 7.01. The largest absolute Gasteiger partial charge is 0.494 e. The number of carbonyl (C=O) groups is 1. The minimum absolute atomic E-state index is 0.0926. The third-order valence-electron chi connectivity index (χ3n) is 6.49. The number of hydrogen-bond donors (Lipinski definition) is 2. The highest BCUT2D eigenvalue weighted by atomic mass is 79.9. The fraction of sp³-hybridized carbons (Fsp3) is 0.333. The number of ether oxygens (including phenoxy) is 2. The number of aliphatic hydroxyl groups is 1. The van der Waals surface area contributed by atoms with E-state index >= 15 is 0 Å². The predicted molar refractivity (Wildman–Crippen MR) is 149 cm³/mol. The third kappa shape index (κ3) is 6.99. The first kappa shape index (κ1) is 26.9. The summed E-state index contributed by atoms with van der Waals surface area (Å²) in [6, 6.07) is 25.7. The summed E-state index contributed by atoms with van der Waals surface area (Å²) in [6.07, 6.45) is 2.30. The normalized spacial score (nSPS) is 18.7. The molecule has 1 heterocycles. The molecular weight excluding hydrogens is 532 g/mol. The number of carbonyl (C=O) groups excluding carboxylic acids is 1. The summed E-state index contributed by atoms with van der Waals surface area (Å²) in [5.74, 6) is 1.03. The summed E-state index contributed by atoms with van der Waals surface area (Å²) in [7, 11) is 0. The Labute approximate surface area is 226 Å². The molecule has 1 aliphatic heterocycles. The lowest BCUT2D eigenvalue weighted by atomic mass is 9.86. The maximum Gasteiger partial charge on any atom is 0.252 e. The predicted octanol–water partition coefficient (Wildman–Crippen LogP) is 5.11. The van der Waals surface area contributed by atoms with E-state index in [1.165, 1.54) is 5.56 Å². The van der Waals surface area contributed by atoms with E-state index in [0.29, 0.717) is 37.6 Å². The number of aliphatic hydroxyl groups excluding tert-OH is 1. The minimum atomic E-state index is -1.08. The zero-order valence-electron chi connectivity index (χ0n) is 21.0. The van der Waals surface area contributed by atoms with Crippen LogP contribution in [0.5, 0.6) is 5.75 Å². The van der Waals surface area contributed by atoms with Crippen LogP contribution >= 0.6 is 15.9 Å². The zero-order valence-corrected chi connectivity index (χ0v) is 22.6. The number of benzene rings is 3. The van der Waals surface area contributed by atoms with E-state index in [1.807, 2.05) is 73.7 Å². The van der Waals surface area contributed by atoms with Gasteiger partial charge in [-0.2, -0.15) is 0 Å². The van der Waals surface area contributed by atoms with Gasteiger partial charge >= 0.3 is 0 Å². The van der Waals surface area contributed by atoms with Gasteiger partial charge in [-0.15, -0.1) is 0 Å². The summed E-state index contributed by atoms with van der Waals surface area (Å²) in [5.41, 5.74) is 1.97. The number of aliphatic imine (C=N–C) groups is 1. The summed E-state index contributed by atoms with van der Waals surface area (Å²) < 4.78 is 12.8. The molecule has 6 nitrogen and oxygen atoms in total. The molecule has 194 valence electrons. The highest BCUT2D eigenvalue weighted by Crippen LogP contribution is 2.33. The minimum Gasteiger partial charge on any atom is -0.494 e. The number of aryl methyl sites for hydroxylation is 1. The van der Waals surface area contributed by atoms with Gasteiger partial charge in [0, 0.05) is 36.0 Å². The van der Waals surface area contributed by atoms with Crippen molar-refractivity contribution in [2.45, 2.75) is 44.2 Å². The molecule has 1 aliphatic rings. The summed E-state index contributed by atoms with van der Waals surface area (Å²) in [6.45, 7) is 3.01. The molecule has 0 aromatic heterocycles. The maximum atomic E-state index is 13.7. The van der Waals surface area contributed by atoms with Crippen LogP contribution in [-0.4, -0.2) is 48.3 Å². The van der Waals surface area contributed by atoms with Crippen LogP contribution in [0.25, 0.3) is 0 Å². The average molecular weight is 566 g/mol. The molecule has 4 rings (SSSR count). The van der Waals surface area contributed by atoms with Crippen molar-refractivity contribution in [1.82, 2.24) is 5.32 Å². The van der Waals surface area contributed by atoms with Gasteiger partial charge in [-0.1, -0.05) is 58.4 Å². The van der Waals surface area contributed by atoms with Crippen molar-refractivity contribution < 1.29 is 19.4 Å². The first-order valence-corrected chi connectivity index (χ1v) is 13.5. The lowest BCUT2D eigenvalue weighted by molar-refractivity contribution is -0.128. The molecule has 2 atom stereocenters. The van der Waals surface area contributed by atoms with E-state index in [0.717, 1.165) is 28.4 Å². The molecule has 7 heteroatoms. The summed E-state index contributed by atoms with van der Waals surface area (Å²) in [4.78, 5) is 18.6. The lowest BCUT2D eigenvalue weighted by Gasteiger charge is -2.28. The Bertz CT molecular complexity index is 1180. The van der Waals surface area contributed by atoms with Gasteiger partial charge in [-0.25, -0.2) is 4.99 Å².